The van der Waals surface area contributed by atoms with E-state index in [2.05, 4.69) is 45.5 Å². The van der Waals surface area contributed by atoms with Crippen molar-refractivity contribution in [1.29, 1.82) is 0 Å². The van der Waals surface area contributed by atoms with E-state index in [1.54, 1.807) is 7.11 Å². The Morgan fingerprint density at radius 3 is 2.81 bits per heavy atom. The number of nitrogens with one attached hydrogen (secondary N) is 1. The molecule has 1 fully saturated rings. The lowest BCUT2D eigenvalue weighted by Crippen LogP contribution is -2.25. The number of rotatable bonds is 5. The van der Waals surface area contributed by atoms with Gasteiger partial charge in [0, 0.05) is 31.7 Å². The summed E-state index contributed by atoms with van der Waals surface area (Å²) in [5.41, 5.74) is 2.44. The number of ether oxygens (including phenoxy) is 1. The predicted octanol–water partition coefficient (Wildman–Crippen LogP) is 2.78. The molecule has 4 nitrogen and oxygen atoms in total. The third-order valence-electron chi connectivity index (χ3n) is 3.84. The van der Waals surface area contributed by atoms with Gasteiger partial charge in [0.1, 0.15) is 0 Å². The van der Waals surface area contributed by atoms with Gasteiger partial charge in [-0.3, -0.25) is 4.90 Å². The van der Waals surface area contributed by atoms with Gasteiger partial charge in [-0.05, 0) is 18.1 Å². The van der Waals surface area contributed by atoms with Gasteiger partial charge in [0.15, 0.2) is 0 Å². The first-order chi connectivity index (χ1) is 10.3. The molecule has 21 heavy (non-hydrogen) atoms. The van der Waals surface area contributed by atoms with Gasteiger partial charge in [0.2, 0.25) is 5.88 Å². The van der Waals surface area contributed by atoms with Crippen LogP contribution in [-0.2, 0) is 6.54 Å². The number of hydrogen-bond donors (Lipinski definition) is 1. The number of anilines is 1. The molecule has 110 valence electrons. The Hall–Kier alpha value is -2.07. The molecule has 2 heterocycles. The lowest BCUT2D eigenvalue weighted by atomic mass is 10.2. The lowest BCUT2D eigenvalue weighted by Gasteiger charge is -2.17. The molecule has 4 heteroatoms. The van der Waals surface area contributed by atoms with Crippen LogP contribution in [0.25, 0.3) is 0 Å². The first kappa shape index (κ1) is 13.9. The minimum absolute atomic E-state index is 0.490. The zero-order chi connectivity index (χ0) is 14.5. The summed E-state index contributed by atoms with van der Waals surface area (Å²) in [7, 11) is 1.63. The molecular formula is C17H21N3O. The standard InChI is InChI=1S/C17H21N3O/c1-21-17-8-7-15(11-18-17)19-16-9-10-20(13-16)12-14-5-3-2-4-6-14/h2-8,11,16,19H,9-10,12-13H2,1H3. The van der Waals surface area contributed by atoms with Crippen molar-refractivity contribution in [2.45, 2.75) is 19.0 Å². The fourth-order valence-electron chi connectivity index (χ4n) is 2.76. The highest BCUT2D eigenvalue weighted by Gasteiger charge is 2.22. The second kappa shape index (κ2) is 6.59. The second-order valence-electron chi connectivity index (χ2n) is 5.44. The van der Waals surface area contributed by atoms with Crippen LogP contribution in [0.1, 0.15) is 12.0 Å². The largest absolute Gasteiger partial charge is 0.481 e. The SMILES string of the molecule is COc1ccc(NC2CCN(Cc3ccccc3)C2)cn1. The molecule has 0 radical (unpaired) electrons. The van der Waals surface area contributed by atoms with E-state index in [9.17, 15) is 0 Å². The van der Waals surface area contributed by atoms with E-state index in [0.29, 0.717) is 11.9 Å². The molecule has 2 aromatic rings. The van der Waals surface area contributed by atoms with Gasteiger partial charge < -0.3 is 10.1 Å². The zero-order valence-corrected chi connectivity index (χ0v) is 12.3. The minimum atomic E-state index is 0.490. The Morgan fingerprint density at radius 1 is 1.24 bits per heavy atom. The molecule has 1 unspecified atom stereocenters. The molecule has 1 aliphatic rings. The molecule has 1 atom stereocenters. The Kier molecular flexibility index (Phi) is 4.36. The summed E-state index contributed by atoms with van der Waals surface area (Å²) >= 11 is 0. The molecule has 1 N–H and O–H groups in total. The highest BCUT2D eigenvalue weighted by Crippen LogP contribution is 2.18. The van der Waals surface area contributed by atoms with Gasteiger partial charge in [0.25, 0.3) is 0 Å². The molecule has 0 aliphatic carbocycles. The number of methoxy groups -OCH3 is 1. The van der Waals surface area contributed by atoms with Gasteiger partial charge in [-0.2, -0.15) is 0 Å². The average Bonchev–Trinajstić information content (AvgIpc) is 2.96. The van der Waals surface area contributed by atoms with Crippen molar-refractivity contribution in [2.75, 3.05) is 25.5 Å². The number of benzene rings is 1. The molecule has 1 saturated heterocycles. The number of aromatic nitrogens is 1. The third kappa shape index (κ3) is 3.73. The highest BCUT2D eigenvalue weighted by atomic mass is 16.5. The van der Waals surface area contributed by atoms with Crippen LogP contribution in [0, 0.1) is 0 Å². The molecule has 0 bridgehead atoms. The Balaban J connectivity index is 1.52. The van der Waals surface area contributed by atoms with Crippen LogP contribution >= 0.6 is 0 Å². The van der Waals surface area contributed by atoms with Crippen molar-refractivity contribution in [1.82, 2.24) is 9.88 Å². The maximum atomic E-state index is 5.08. The van der Waals surface area contributed by atoms with Crippen LogP contribution in [0.15, 0.2) is 48.7 Å². The van der Waals surface area contributed by atoms with E-state index in [4.69, 9.17) is 4.74 Å². The maximum Gasteiger partial charge on any atom is 0.213 e. The molecule has 1 aromatic heterocycles. The van der Waals surface area contributed by atoms with Crippen molar-refractivity contribution in [3.8, 4) is 5.88 Å². The van der Waals surface area contributed by atoms with Crippen molar-refractivity contribution in [2.24, 2.45) is 0 Å². The first-order valence-electron chi connectivity index (χ1n) is 7.36. The summed E-state index contributed by atoms with van der Waals surface area (Å²) in [6.07, 6.45) is 3.00. The fraction of sp³-hybridized carbons (Fsp3) is 0.353. The summed E-state index contributed by atoms with van der Waals surface area (Å²) in [6.45, 7) is 3.23. The van der Waals surface area contributed by atoms with Crippen molar-refractivity contribution in [3.63, 3.8) is 0 Å². The first-order valence-corrected chi connectivity index (χ1v) is 7.36. The molecule has 0 spiro atoms. The quantitative estimate of drug-likeness (QED) is 0.915. The molecular weight excluding hydrogens is 262 g/mol. The monoisotopic (exact) mass is 283 g/mol. The summed E-state index contributed by atoms with van der Waals surface area (Å²) in [4.78, 5) is 6.72. The van der Waals surface area contributed by atoms with Gasteiger partial charge in [0.05, 0.1) is 19.0 Å². The Labute approximate surface area is 125 Å². The third-order valence-corrected chi connectivity index (χ3v) is 3.84. The number of nitrogens with zero attached hydrogens (tertiary/aromatic N) is 2. The van der Waals surface area contributed by atoms with E-state index >= 15 is 0 Å². The number of hydrogen-bond acceptors (Lipinski definition) is 4. The molecule has 0 saturated carbocycles. The zero-order valence-electron chi connectivity index (χ0n) is 12.3. The summed E-state index contributed by atoms with van der Waals surface area (Å²) < 4.78 is 5.08. The van der Waals surface area contributed by atoms with Crippen molar-refractivity contribution in [3.05, 3.63) is 54.2 Å². The van der Waals surface area contributed by atoms with Gasteiger partial charge >= 0.3 is 0 Å². The van der Waals surface area contributed by atoms with E-state index in [1.807, 2.05) is 18.3 Å². The summed E-state index contributed by atoms with van der Waals surface area (Å²) in [5.74, 6) is 0.651. The van der Waals surface area contributed by atoms with Crippen molar-refractivity contribution >= 4 is 5.69 Å². The number of pyridine rings is 1. The van der Waals surface area contributed by atoms with Crippen LogP contribution in [0.4, 0.5) is 5.69 Å². The van der Waals surface area contributed by atoms with Crippen LogP contribution in [0.5, 0.6) is 5.88 Å². The lowest BCUT2D eigenvalue weighted by molar-refractivity contribution is 0.328. The van der Waals surface area contributed by atoms with Crippen molar-refractivity contribution < 1.29 is 4.74 Å². The Morgan fingerprint density at radius 2 is 2.10 bits per heavy atom. The summed E-state index contributed by atoms with van der Waals surface area (Å²) in [6, 6.07) is 15.0. The second-order valence-corrected chi connectivity index (χ2v) is 5.44. The van der Waals surface area contributed by atoms with E-state index in [0.717, 1.165) is 25.3 Å². The van der Waals surface area contributed by atoms with Crippen LogP contribution < -0.4 is 10.1 Å². The maximum absolute atomic E-state index is 5.08. The van der Waals surface area contributed by atoms with Crippen LogP contribution in [0.2, 0.25) is 0 Å². The van der Waals surface area contributed by atoms with Gasteiger partial charge in [-0.15, -0.1) is 0 Å². The molecule has 3 rings (SSSR count). The van der Waals surface area contributed by atoms with E-state index in [1.165, 1.54) is 12.0 Å². The van der Waals surface area contributed by atoms with Crippen LogP contribution in [-0.4, -0.2) is 36.1 Å². The average molecular weight is 283 g/mol. The minimum Gasteiger partial charge on any atom is -0.481 e. The highest BCUT2D eigenvalue weighted by molar-refractivity contribution is 5.43. The smallest absolute Gasteiger partial charge is 0.213 e. The van der Waals surface area contributed by atoms with Crippen LogP contribution in [0.3, 0.4) is 0 Å². The topological polar surface area (TPSA) is 37.4 Å². The van der Waals surface area contributed by atoms with E-state index in [-0.39, 0.29) is 0 Å². The summed E-state index contributed by atoms with van der Waals surface area (Å²) in [5, 5.41) is 3.55. The predicted molar refractivity (Wildman–Crippen MR) is 84.5 cm³/mol. The molecule has 1 aliphatic heterocycles. The fourth-order valence-corrected chi connectivity index (χ4v) is 2.76. The molecule has 1 aromatic carbocycles. The van der Waals surface area contributed by atoms with E-state index < -0.39 is 0 Å². The Bertz CT molecular complexity index is 556. The molecule has 0 amide bonds. The van der Waals surface area contributed by atoms with Gasteiger partial charge in [-0.1, -0.05) is 30.3 Å². The van der Waals surface area contributed by atoms with Gasteiger partial charge in [-0.25, -0.2) is 4.98 Å². The number of likely N-dealkylation sites (tertiary alicyclic amines) is 1. The normalized spacial score (nSPS) is 18.6.